The second-order valence-electron chi connectivity index (χ2n) is 5.59. The number of carbonyl (C=O) groups excluding carboxylic acids is 1. The van der Waals surface area contributed by atoms with Crippen molar-refractivity contribution in [3.63, 3.8) is 0 Å². The van der Waals surface area contributed by atoms with Gasteiger partial charge in [0.25, 0.3) is 0 Å². The summed E-state index contributed by atoms with van der Waals surface area (Å²) in [7, 11) is 1.63. The van der Waals surface area contributed by atoms with Crippen molar-refractivity contribution in [2.45, 2.75) is 27.3 Å². The first kappa shape index (κ1) is 18.8. The normalized spacial score (nSPS) is 11.3. The highest BCUT2D eigenvalue weighted by atomic mass is 16.5. The molecule has 0 fully saturated rings. The van der Waals surface area contributed by atoms with E-state index in [0.717, 1.165) is 24.4 Å². The number of hydrogen-bond donors (Lipinski definition) is 3. The number of rotatable bonds is 8. The first-order chi connectivity index (χ1) is 11.0. The molecule has 0 aliphatic heterocycles. The fourth-order valence-electron chi connectivity index (χ4n) is 1.79. The average Bonchev–Trinajstić information content (AvgIpc) is 2.55. The molecule has 0 aliphatic rings. The van der Waals surface area contributed by atoms with E-state index in [4.69, 9.17) is 4.74 Å². The number of nitrogens with zero attached hydrogens (tertiary/aromatic N) is 1. The van der Waals surface area contributed by atoms with E-state index in [0.29, 0.717) is 18.4 Å². The summed E-state index contributed by atoms with van der Waals surface area (Å²) >= 11 is 0. The molecule has 0 unspecified atom stereocenters. The molecule has 3 N–H and O–H groups in total. The van der Waals surface area contributed by atoms with Crippen LogP contribution in [0.1, 0.15) is 26.3 Å². The SMILES string of the molecule is CCNC(=NCC(=O)NCc1ccc(OC)cc1)NCC(C)C. The maximum Gasteiger partial charge on any atom is 0.242 e. The smallest absolute Gasteiger partial charge is 0.242 e. The fraction of sp³-hybridized carbons (Fsp3) is 0.529. The molecule has 1 aromatic carbocycles. The van der Waals surface area contributed by atoms with Crippen molar-refractivity contribution in [1.29, 1.82) is 0 Å². The van der Waals surface area contributed by atoms with E-state index >= 15 is 0 Å². The van der Waals surface area contributed by atoms with E-state index in [-0.39, 0.29) is 12.5 Å². The summed E-state index contributed by atoms with van der Waals surface area (Å²) < 4.78 is 5.10. The van der Waals surface area contributed by atoms with Crippen molar-refractivity contribution < 1.29 is 9.53 Å². The van der Waals surface area contributed by atoms with Crippen LogP contribution in [0.15, 0.2) is 29.3 Å². The van der Waals surface area contributed by atoms with Crippen LogP contribution in [0.5, 0.6) is 5.75 Å². The lowest BCUT2D eigenvalue weighted by molar-refractivity contribution is -0.119. The van der Waals surface area contributed by atoms with E-state index in [2.05, 4.69) is 34.8 Å². The van der Waals surface area contributed by atoms with E-state index in [1.54, 1.807) is 7.11 Å². The summed E-state index contributed by atoms with van der Waals surface area (Å²) in [6.07, 6.45) is 0. The van der Waals surface area contributed by atoms with Crippen molar-refractivity contribution in [2.24, 2.45) is 10.9 Å². The quantitative estimate of drug-likeness (QED) is 0.501. The van der Waals surface area contributed by atoms with Crippen LogP contribution in [0.3, 0.4) is 0 Å². The molecule has 0 saturated heterocycles. The number of methoxy groups -OCH3 is 1. The molecule has 0 bridgehead atoms. The molecule has 0 spiro atoms. The topological polar surface area (TPSA) is 74.8 Å². The summed E-state index contributed by atoms with van der Waals surface area (Å²) in [5, 5.41) is 9.19. The maximum absolute atomic E-state index is 11.9. The highest BCUT2D eigenvalue weighted by Crippen LogP contribution is 2.10. The third-order valence-corrected chi connectivity index (χ3v) is 3.05. The number of carbonyl (C=O) groups is 1. The maximum atomic E-state index is 11.9. The van der Waals surface area contributed by atoms with Crippen LogP contribution in [-0.2, 0) is 11.3 Å². The summed E-state index contributed by atoms with van der Waals surface area (Å²) in [6, 6.07) is 7.60. The molecule has 1 aromatic rings. The minimum atomic E-state index is -0.109. The molecular formula is C17H28N4O2. The van der Waals surface area contributed by atoms with Gasteiger partial charge in [0, 0.05) is 19.6 Å². The van der Waals surface area contributed by atoms with Gasteiger partial charge in [-0.05, 0) is 30.5 Å². The summed E-state index contributed by atoms with van der Waals surface area (Å²) in [5.41, 5.74) is 1.02. The van der Waals surface area contributed by atoms with E-state index in [9.17, 15) is 4.79 Å². The van der Waals surface area contributed by atoms with Gasteiger partial charge in [0.05, 0.1) is 7.11 Å². The van der Waals surface area contributed by atoms with Crippen LogP contribution in [0.2, 0.25) is 0 Å². The molecule has 1 rings (SSSR count). The minimum absolute atomic E-state index is 0.101. The van der Waals surface area contributed by atoms with Crippen molar-refractivity contribution in [2.75, 3.05) is 26.7 Å². The largest absolute Gasteiger partial charge is 0.497 e. The van der Waals surface area contributed by atoms with Crippen LogP contribution in [0.4, 0.5) is 0 Å². The Hall–Kier alpha value is -2.24. The van der Waals surface area contributed by atoms with Gasteiger partial charge in [-0.15, -0.1) is 0 Å². The summed E-state index contributed by atoms with van der Waals surface area (Å²) in [6.45, 7) is 8.40. The van der Waals surface area contributed by atoms with Crippen molar-refractivity contribution in [3.8, 4) is 5.75 Å². The summed E-state index contributed by atoms with van der Waals surface area (Å²) in [4.78, 5) is 16.2. The molecule has 0 radical (unpaired) electrons. The van der Waals surface area contributed by atoms with Crippen LogP contribution in [0.25, 0.3) is 0 Å². The standard InChI is InChI=1S/C17H28N4O2/c1-5-18-17(20-10-13(2)3)21-12-16(22)19-11-14-6-8-15(23-4)9-7-14/h6-9,13H,5,10-12H2,1-4H3,(H,19,22)(H2,18,20,21). The number of benzene rings is 1. The molecular weight excluding hydrogens is 292 g/mol. The third-order valence-electron chi connectivity index (χ3n) is 3.05. The van der Waals surface area contributed by atoms with Crippen molar-refractivity contribution in [1.82, 2.24) is 16.0 Å². The first-order valence-electron chi connectivity index (χ1n) is 7.97. The lowest BCUT2D eigenvalue weighted by Crippen LogP contribution is -2.40. The predicted molar refractivity (Wildman–Crippen MR) is 93.7 cm³/mol. The van der Waals surface area contributed by atoms with Gasteiger partial charge in [0.2, 0.25) is 5.91 Å². The predicted octanol–water partition coefficient (Wildman–Crippen LogP) is 1.52. The Morgan fingerprint density at radius 2 is 1.87 bits per heavy atom. The Kier molecular flexibility index (Phi) is 8.57. The van der Waals surface area contributed by atoms with Crippen LogP contribution in [-0.4, -0.2) is 38.6 Å². The molecule has 128 valence electrons. The molecule has 0 saturated carbocycles. The fourth-order valence-corrected chi connectivity index (χ4v) is 1.79. The van der Waals surface area contributed by atoms with E-state index < -0.39 is 0 Å². The van der Waals surface area contributed by atoms with Crippen LogP contribution < -0.4 is 20.7 Å². The minimum Gasteiger partial charge on any atom is -0.497 e. The van der Waals surface area contributed by atoms with E-state index in [1.807, 2.05) is 31.2 Å². The Morgan fingerprint density at radius 1 is 1.17 bits per heavy atom. The molecule has 6 nitrogen and oxygen atoms in total. The Balaban J connectivity index is 2.41. The Bertz CT molecular complexity index is 498. The van der Waals surface area contributed by atoms with Crippen molar-refractivity contribution >= 4 is 11.9 Å². The van der Waals surface area contributed by atoms with Gasteiger partial charge in [-0.3, -0.25) is 4.79 Å². The van der Waals surface area contributed by atoms with Gasteiger partial charge in [-0.2, -0.15) is 0 Å². The zero-order chi connectivity index (χ0) is 17.1. The van der Waals surface area contributed by atoms with Crippen molar-refractivity contribution in [3.05, 3.63) is 29.8 Å². The van der Waals surface area contributed by atoms with Gasteiger partial charge in [0.1, 0.15) is 12.3 Å². The molecule has 0 heterocycles. The van der Waals surface area contributed by atoms with Gasteiger partial charge < -0.3 is 20.7 Å². The van der Waals surface area contributed by atoms with Gasteiger partial charge in [-0.25, -0.2) is 4.99 Å². The monoisotopic (exact) mass is 320 g/mol. The number of guanidine groups is 1. The lowest BCUT2D eigenvalue weighted by Gasteiger charge is -2.13. The highest BCUT2D eigenvalue weighted by molar-refractivity contribution is 5.84. The zero-order valence-corrected chi connectivity index (χ0v) is 14.5. The second kappa shape index (κ2) is 10.5. The van der Waals surface area contributed by atoms with Gasteiger partial charge in [-0.1, -0.05) is 26.0 Å². The first-order valence-corrected chi connectivity index (χ1v) is 7.97. The molecule has 1 amide bonds. The molecule has 0 aromatic heterocycles. The van der Waals surface area contributed by atoms with Crippen LogP contribution in [0, 0.1) is 5.92 Å². The number of nitrogens with one attached hydrogen (secondary N) is 3. The number of aliphatic imine (C=N–C) groups is 1. The van der Waals surface area contributed by atoms with Crippen LogP contribution >= 0.6 is 0 Å². The molecule has 23 heavy (non-hydrogen) atoms. The zero-order valence-electron chi connectivity index (χ0n) is 14.5. The third kappa shape index (κ3) is 8.09. The Morgan fingerprint density at radius 3 is 2.43 bits per heavy atom. The van der Waals surface area contributed by atoms with E-state index in [1.165, 1.54) is 0 Å². The molecule has 6 heteroatoms. The molecule has 0 atom stereocenters. The number of ether oxygens (including phenoxy) is 1. The average molecular weight is 320 g/mol. The lowest BCUT2D eigenvalue weighted by atomic mass is 10.2. The second-order valence-corrected chi connectivity index (χ2v) is 5.59. The van der Waals surface area contributed by atoms with Gasteiger partial charge in [0.15, 0.2) is 5.96 Å². The Labute approximate surface area is 138 Å². The summed E-state index contributed by atoms with van der Waals surface area (Å²) in [5.74, 6) is 1.88. The molecule has 0 aliphatic carbocycles. The highest BCUT2D eigenvalue weighted by Gasteiger charge is 2.03. The number of hydrogen-bond acceptors (Lipinski definition) is 3. The van der Waals surface area contributed by atoms with Gasteiger partial charge >= 0.3 is 0 Å². The number of amides is 1.